The van der Waals surface area contributed by atoms with Gasteiger partial charge in [0.15, 0.2) is 0 Å². The Morgan fingerprint density at radius 3 is 2.53 bits per heavy atom. The lowest BCUT2D eigenvalue weighted by atomic mass is 9.89. The van der Waals surface area contributed by atoms with Gasteiger partial charge in [0.1, 0.15) is 0 Å². The first-order valence-corrected chi connectivity index (χ1v) is 8.64. The number of hydrogen-bond donors (Lipinski definition) is 0. The Balaban J connectivity index is 1.55. The molecule has 2 aliphatic carbocycles. The molecule has 0 nitrogen and oxygen atoms in total. The highest BCUT2D eigenvalue weighted by Crippen LogP contribution is 2.52. The number of allylic oxidation sites excluding steroid dienone is 1. The van der Waals surface area contributed by atoms with Crippen LogP contribution in [0.5, 0.6) is 0 Å². The lowest BCUT2D eigenvalue weighted by Crippen LogP contribution is -2.18. The largest absolute Gasteiger partial charge is 0.158 e. The van der Waals surface area contributed by atoms with Gasteiger partial charge in [-0.1, -0.05) is 38.7 Å². The molecule has 0 N–H and O–H groups in total. The fourth-order valence-electron chi connectivity index (χ4n) is 3.70. The van der Waals surface area contributed by atoms with Crippen LogP contribution in [0.15, 0.2) is 12.7 Å². The highest BCUT2D eigenvalue weighted by molar-refractivity contribution is 7.99. The van der Waals surface area contributed by atoms with Crippen molar-refractivity contribution in [2.24, 2.45) is 17.8 Å². The second-order valence-corrected chi connectivity index (χ2v) is 7.30. The van der Waals surface area contributed by atoms with E-state index in [1.807, 2.05) is 0 Å². The second-order valence-electron chi connectivity index (χ2n) is 5.95. The summed E-state index contributed by atoms with van der Waals surface area (Å²) in [6.07, 6.45) is 13.8. The minimum absolute atomic E-state index is 0.862. The summed E-state index contributed by atoms with van der Waals surface area (Å²) in [7, 11) is 0. The maximum absolute atomic E-state index is 3.98. The van der Waals surface area contributed by atoms with Gasteiger partial charge in [-0.15, -0.1) is 6.58 Å². The summed E-state index contributed by atoms with van der Waals surface area (Å²) in [6, 6.07) is 0. The van der Waals surface area contributed by atoms with Crippen LogP contribution in [0.2, 0.25) is 0 Å². The Labute approximate surface area is 112 Å². The molecule has 0 radical (unpaired) electrons. The minimum atomic E-state index is 0.862. The summed E-state index contributed by atoms with van der Waals surface area (Å²) in [5.74, 6) is 4.30. The van der Waals surface area contributed by atoms with Gasteiger partial charge in [0.05, 0.1) is 0 Å². The molecule has 4 atom stereocenters. The molecule has 1 heteroatoms. The van der Waals surface area contributed by atoms with Crippen LogP contribution in [0, 0.1) is 17.8 Å². The van der Waals surface area contributed by atoms with Crippen molar-refractivity contribution in [1.82, 2.24) is 0 Å². The van der Waals surface area contributed by atoms with Gasteiger partial charge in [0, 0.05) is 5.25 Å². The van der Waals surface area contributed by atoms with Gasteiger partial charge in [0.2, 0.25) is 0 Å². The molecular formula is C16H28S. The van der Waals surface area contributed by atoms with Crippen LogP contribution in [-0.2, 0) is 0 Å². The fraction of sp³-hybridized carbons (Fsp3) is 0.875. The van der Waals surface area contributed by atoms with E-state index in [0.717, 1.165) is 23.0 Å². The van der Waals surface area contributed by atoms with Gasteiger partial charge in [-0.25, -0.2) is 0 Å². The van der Waals surface area contributed by atoms with Gasteiger partial charge >= 0.3 is 0 Å². The van der Waals surface area contributed by atoms with Gasteiger partial charge < -0.3 is 0 Å². The first-order chi connectivity index (χ1) is 8.35. The third-order valence-electron chi connectivity index (χ3n) is 4.73. The summed E-state index contributed by atoms with van der Waals surface area (Å²) < 4.78 is 0. The van der Waals surface area contributed by atoms with Crippen molar-refractivity contribution in [3.8, 4) is 0 Å². The molecule has 0 aromatic rings. The Morgan fingerprint density at radius 1 is 1.06 bits per heavy atom. The lowest BCUT2D eigenvalue weighted by molar-refractivity contribution is 0.403. The summed E-state index contributed by atoms with van der Waals surface area (Å²) in [5.41, 5.74) is 0. The zero-order valence-electron chi connectivity index (χ0n) is 11.4. The third kappa shape index (κ3) is 3.53. The van der Waals surface area contributed by atoms with E-state index in [-0.39, 0.29) is 0 Å². The molecule has 4 unspecified atom stereocenters. The molecule has 2 fully saturated rings. The van der Waals surface area contributed by atoms with Gasteiger partial charge in [-0.05, 0) is 49.2 Å². The Morgan fingerprint density at radius 2 is 1.88 bits per heavy atom. The summed E-state index contributed by atoms with van der Waals surface area (Å²) in [5, 5.41) is 1.00. The normalized spacial score (nSPS) is 35.4. The number of thioether (sulfide) groups is 1. The van der Waals surface area contributed by atoms with Crippen LogP contribution in [-0.4, -0.2) is 11.0 Å². The van der Waals surface area contributed by atoms with E-state index in [0.29, 0.717) is 0 Å². The van der Waals surface area contributed by atoms with Crippen molar-refractivity contribution < 1.29 is 0 Å². The van der Waals surface area contributed by atoms with E-state index in [1.54, 1.807) is 0 Å². The zero-order valence-corrected chi connectivity index (χ0v) is 12.2. The van der Waals surface area contributed by atoms with E-state index in [9.17, 15) is 0 Å². The summed E-state index contributed by atoms with van der Waals surface area (Å²) in [4.78, 5) is 0. The van der Waals surface area contributed by atoms with Gasteiger partial charge in [-0.3, -0.25) is 0 Å². The standard InChI is InChI=1S/C16H28S/c1-3-5-6-7-8-9-17-16-12-14-11-15(16)10-13(14)4-2/h4,13-16H,2-3,5-12H2,1H3. The van der Waals surface area contributed by atoms with Crippen LogP contribution in [0.3, 0.4) is 0 Å². The second kappa shape index (κ2) is 6.87. The maximum atomic E-state index is 3.98. The monoisotopic (exact) mass is 252 g/mol. The molecular weight excluding hydrogens is 224 g/mol. The molecule has 0 aromatic carbocycles. The van der Waals surface area contributed by atoms with Crippen LogP contribution >= 0.6 is 11.8 Å². The Kier molecular flexibility index (Phi) is 5.47. The van der Waals surface area contributed by atoms with Crippen LogP contribution in [0.4, 0.5) is 0 Å². The molecule has 2 rings (SSSR count). The van der Waals surface area contributed by atoms with E-state index in [2.05, 4.69) is 31.3 Å². The van der Waals surface area contributed by atoms with E-state index < -0.39 is 0 Å². The van der Waals surface area contributed by atoms with Crippen molar-refractivity contribution in [3.05, 3.63) is 12.7 Å². The quantitative estimate of drug-likeness (QED) is 0.418. The molecule has 2 aliphatic rings. The average molecular weight is 252 g/mol. The molecule has 17 heavy (non-hydrogen) atoms. The topological polar surface area (TPSA) is 0 Å². The predicted molar refractivity (Wildman–Crippen MR) is 79.5 cm³/mol. The number of rotatable bonds is 8. The maximum Gasteiger partial charge on any atom is 0.00784 e. The number of fused-ring (bicyclic) bond motifs is 2. The summed E-state index contributed by atoms with van der Waals surface area (Å²) >= 11 is 2.28. The summed E-state index contributed by atoms with van der Waals surface area (Å²) in [6.45, 7) is 6.28. The van der Waals surface area contributed by atoms with Gasteiger partial charge in [0.25, 0.3) is 0 Å². The fourth-order valence-corrected chi connectivity index (χ4v) is 5.25. The predicted octanol–water partition coefficient (Wildman–Crippen LogP) is 5.29. The number of hydrogen-bond acceptors (Lipinski definition) is 1. The van der Waals surface area contributed by atoms with E-state index >= 15 is 0 Å². The molecule has 0 amide bonds. The molecule has 0 heterocycles. The third-order valence-corrected chi connectivity index (χ3v) is 6.26. The highest BCUT2D eigenvalue weighted by atomic mass is 32.2. The van der Waals surface area contributed by atoms with Crippen molar-refractivity contribution in [3.63, 3.8) is 0 Å². The molecule has 2 bridgehead atoms. The van der Waals surface area contributed by atoms with E-state index in [4.69, 9.17) is 0 Å². The SMILES string of the molecule is C=CC1CC2CC1CC2SCCCCCCC. The molecule has 0 spiro atoms. The molecule has 0 saturated heterocycles. The lowest BCUT2D eigenvalue weighted by Gasteiger charge is -2.25. The molecule has 0 aliphatic heterocycles. The average Bonchev–Trinajstić information content (AvgIpc) is 2.92. The zero-order chi connectivity index (χ0) is 12.1. The van der Waals surface area contributed by atoms with E-state index in [1.165, 1.54) is 57.1 Å². The van der Waals surface area contributed by atoms with Crippen LogP contribution in [0.25, 0.3) is 0 Å². The van der Waals surface area contributed by atoms with Crippen molar-refractivity contribution >= 4 is 11.8 Å². The first kappa shape index (κ1) is 13.5. The molecule has 98 valence electrons. The minimum Gasteiger partial charge on any atom is -0.158 e. The molecule has 0 aromatic heterocycles. The highest BCUT2D eigenvalue weighted by Gasteiger charge is 2.44. The van der Waals surface area contributed by atoms with Crippen molar-refractivity contribution in [2.75, 3.05) is 5.75 Å². The molecule has 2 saturated carbocycles. The van der Waals surface area contributed by atoms with Crippen molar-refractivity contribution in [1.29, 1.82) is 0 Å². The van der Waals surface area contributed by atoms with Crippen LogP contribution in [0.1, 0.15) is 58.3 Å². The van der Waals surface area contributed by atoms with Crippen LogP contribution < -0.4 is 0 Å². The first-order valence-electron chi connectivity index (χ1n) is 7.59. The Hall–Kier alpha value is 0.0900. The number of unbranched alkanes of at least 4 members (excludes halogenated alkanes) is 4. The van der Waals surface area contributed by atoms with Gasteiger partial charge in [-0.2, -0.15) is 11.8 Å². The smallest absolute Gasteiger partial charge is 0.00784 e. The van der Waals surface area contributed by atoms with Crippen molar-refractivity contribution in [2.45, 2.75) is 63.5 Å². The Bertz CT molecular complexity index is 236.